The first-order valence-corrected chi connectivity index (χ1v) is 6.01. The summed E-state index contributed by atoms with van der Waals surface area (Å²) in [5, 5.41) is 12.0. The van der Waals surface area contributed by atoms with Gasteiger partial charge in [0.1, 0.15) is 5.75 Å². The number of fused-ring (bicyclic) bond motifs is 1. The molecule has 0 aliphatic heterocycles. The van der Waals surface area contributed by atoms with Crippen LogP contribution in [0, 0.1) is 10.1 Å². The fourth-order valence-electron chi connectivity index (χ4n) is 1.99. The fraction of sp³-hybridized carbons (Fsp3) is 0. The highest BCUT2D eigenvalue weighted by atomic mass is 16.6. The highest BCUT2D eigenvalue weighted by molar-refractivity contribution is 5.90. The summed E-state index contributed by atoms with van der Waals surface area (Å²) in [6.07, 6.45) is 1.53. The number of hydrogen-bond donors (Lipinski definition) is 0. The second-order valence-electron chi connectivity index (χ2n) is 4.16. The van der Waals surface area contributed by atoms with E-state index in [1.165, 1.54) is 6.20 Å². The minimum Gasteiger partial charge on any atom is -0.450 e. The summed E-state index contributed by atoms with van der Waals surface area (Å²) in [7, 11) is 0. The Morgan fingerprint density at radius 2 is 1.80 bits per heavy atom. The highest BCUT2D eigenvalue weighted by Crippen LogP contribution is 2.36. The van der Waals surface area contributed by atoms with Crippen LogP contribution < -0.4 is 4.74 Å². The second kappa shape index (κ2) is 4.97. The van der Waals surface area contributed by atoms with Crippen LogP contribution >= 0.6 is 0 Å². The molecule has 0 N–H and O–H groups in total. The van der Waals surface area contributed by atoms with Crippen LogP contribution in [0.25, 0.3) is 10.9 Å². The average Bonchev–Trinajstić information content (AvgIpc) is 2.47. The number of nitro benzene ring substituents is 1. The Balaban J connectivity index is 2.15. The van der Waals surface area contributed by atoms with E-state index in [4.69, 9.17) is 4.74 Å². The predicted octanol–water partition coefficient (Wildman–Crippen LogP) is 3.94. The molecule has 0 radical (unpaired) electrons. The van der Waals surface area contributed by atoms with Crippen molar-refractivity contribution in [3.8, 4) is 11.5 Å². The van der Waals surface area contributed by atoms with E-state index in [0.29, 0.717) is 16.7 Å². The van der Waals surface area contributed by atoms with Crippen molar-refractivity contribution in [2.24, 2.45) is 0 Å². The number of pyridine rings is 1. The lowest BCUT2D eigenvalue weighted by atomic mass is 10.2. The molecule has 0 fully saturated rings. The van der Waals surface area contributed by atoms with Gasteiger partial charge in [0.05, 0.1) is 4.92 Å². The number of ether oxygens (including phenoxy) is 1. The van der Waals surface area contributed by atoms with Crippen LogP contribution in [-0.4, -0.2) is 9.91 Å². The Kier molecular flexibility index (Phi) is 3.01. The summed E-state index contributed by atoms with van der Waals surface area (Å²) >= 11 is 0. The SMILES string of the molecule is O=[N+]([O-])c1c(Oc2ccccc2)ccc2cccnc12. The van der Waals surface area contributed by atoms with Crippen molar-refractivity contribution in [3.05, 3.63) is 70.9 Å². The van der Waals surface area contributed by atoms with Gasteiger partial charge in [0.2, 0.25) is 5.75 Å². The molecule has 0 unspecified atom stereocenters. The van der Waals surface area contributed by atoms with E-state index >= 15 is 0 Å². The summed E-state index contributed by atoms with van der Waals surface area (Å²) < 4.78 is 5.60. The molecule has 5 heteroatoms. The zero-order valence-corrected chi connectivity index (χ0v) is 10.4. The molecule has 0 bridgehead atoms. The van der Waals surface area contributed by atoms with E-state index in [0.717, 1.165) is 0 Å². The van der Waals surface area contributed by atoms with Gasteiger partial charge in [-0.15, -0.1) is 0 Å². The first-order chi connectivity index (χ1) is 9.75. The number of hydrogen-bond acceptors (Lipinski definition) is 4. The Morgan fingerprint density at radius 1 is 1.00 bits per heavy atom. The first kappa shape index (κ1) is 12.1. The van der Waals surface area contributed by atoms with Crippen LogP contribution in [0.3, 0.4) is 0 Å². The number of para-hydroxylation sites is 1. The smallest absolute Gasteiger partial charge is 0.337 e. The molecule has 0 saturated carbocycles. The lowest BCUT2D eigenvalue weighted by molar-refractivity contribution is -0.384. The molecule has 20 heavy (non-hydrogen) atoms. The molecule has 98 valence electrons. The van der Waals surface area contributed by atoms with Gasteiger partial charge in [-0.3, -0.25) is 10.1 Å². The maximum absolute atomic E-state index is 11.3. The molecule has 0 saturated heterocycles. The molecule has 0 aliphatic rings. The van der Waals surface area contributed by atoms with E-state index in [1.54, 1.807) is 48.5 Å². The summed E-state index contributed by atoms with van der Waals surface area (Å²) in [6.45, 7) is 0. The highest BCUT2D eigenvalue weighted by Gasteiger charge is 2.21. The molecule has 0 aliphatic carbocycles. The fourth-order valence-corrected chi connectivity index (χ4v) is 1.99. The first-order valence-electron chi connectivity index (χ1n) is 6.01. The zero-order chi connectivity index (χ0) is 13.9. The van der Waals surface area contributed by atoms with Crippen LogP contribution in [0.4, 0.5) is 5.69 Å². The van der Waals surface area contributed by atoms with Gasteiger partial charge >= 0.3 is 5.69 Å². The summed E-state index contributed by atoms with van der Waals surface area (Å²) in [6, 6.07) is 15.8. The van der Waals surface area contributed by atoms with Crippen molar-refractivity contribution in [1.29, 1.82) is 0 Å². The minimum atomic E-state index is -0.465. The van der Waals surface area contributed by atoms with Crippen molar-refractivity contribution in [2.45, 2.75) is 0 Å². The number of rotatable bonds is 3. The minimum absolute atomic E-state index is 0.119. The second-order valence-corrected chi connectivity index (χ2v) is 4.16. The van der Waals surface area contributed by atoms with Crippen molar-refractivity contribution in [2.75, 3.05) is 0 Å². The van der Waals surface area contributed by atoms with Gasteiger partial charge in [0.25, 0.3) is 0 Å². The molecule has 3 aromatic rings. The van der Waals surface area contributed by atoms with Gasteiger partial charge < -0.3 is 4.74 Å². The largest absolute Gasteiger partial charge is 0.450 e. The van der Waals surface area contributed by atoms with Crippen molar-refractivity contribution in [1.82, 2.24) is 4.98 Å². The Labute approximate surface area is 114 Å². The van der Waals surface area contributed by atoms with Crippen LogP contribution in [0.1, 0.15) is 0 Å². The third-order valence-electron chi connectivity index (χ3n) is 2.86. The van der Waals surface area contributed by atoms with E-state index in [1.807, 2.05) is 6.07 Å². The van der Waals surface area contributed by atoms with Crippen LogP contribution in [0.2, 0.25) is 0 Å². The normalized spacial score (nSPS) is 10.4. The van der Waals surface area contributed by atoms with Crippen molar-refractivity contribution < 1.29 is 9.66 Å². The number of nitrogens with zero attached hydrogens (tertiary/aromatic N) is 2. The number of nitro groups is 1. The quantitative estimate of drug-likeness (QED) is 0.532. The lowest BCUT2D eigenvalue weighted by Gasteiger charge is -2.07. The molecule has 0 atom stereocenters. The zero-order valence-electron chi connectivity index (χ0n) is 10.4. The average molecular weight is 266 g/mol. The molecule has 0 spiro atoms. The maximum Gasteiger partial charge on any atom is 0.337 e. The third kappa shape index (κ3) is 2.16. The van der Waals surface area contributed by atoms with Crippen molar-refractivity contribution in [3.63, 3.8) is 0 Å². The monoisotopic (exact) mass is 266 g/mol. The van der Waals surface area contributed by atoms with Gasteiger partial charge in [-0.05, 0) is 30.3 Å². The summed E-state index contributed by atoms with van der Waals surface area (Å²) in [5.41, 5.74) is 0.206. The van der Waals surface area contributed by atoms with Gasteiger partial charge in [-0.2, -0.15) is 0 Å². The summed E-state index contributed by atoms with van der Waals surface area (Å²) in [5.74, 6) is 0.735. The Bertz CT molecular complexity index is 772. The molecule has 5 nitrogen and oxygen atoms in total. The molecule has 1 heterocycles. The van der Waals surface area contributed by atoms with Gasteiger partial charge in [-0.1, -0.05) is 24.3 Å². The number of benzene rings is 2. The van der Waals surface area contributed by atoms with E-state index in [-0.39, 0.29) is 11.4 Å². The lowest BCUT2D eigenvalue weighted by Crippen LogP contribution is -1.96. The Morgan fingerprint density at radius 3 is 2.55 bits per heavy atom. The molecular formula is C15H10N2O3. The molecule has 3 rings (SSSR count). The van der Waals surface area contributed by atoms with Gasteiger partial charge in [0, 0.05) is 11.6 Å². The van der Waals surface area contributed by atoms with Crippen molar-refractivity contribution >= 4 is 16.6 Å². The van der Waals surface area contributed by atoms with Crippen LogP contribution in [0.15, 0.2) is 60.8 Å². The predicted molar refractivity (Wildman–Crippen MR) is 74.9 cm³/mol. The third-order valence-corrected chi connectivity index (χ3v) is 2.86. The molecular weight excluding hydrogens is 256 g/mol. The maximum atomic E-state index is 11.3. The number of aromatic nitrogens is 1. The standard InChI is InChI=1S/C15H10N2O3/c18-17(19)15-13(20-12-6-2-1-3-7-12)9-8-11-5-4-10-16-14(11)15/h1-10H. The topological polar surface area (TPSA) is 65.3 Å². The van der Waals surface area contributed by atoms with Crippen LogP contribution in [-0.2, 0) is 0 Å². The Hall–Kier alpha value is -2.95. The van der Waals surface area contributed by atoms with E-state index in [9.17, 15) is 10.1 Å². The molecule has 0 amide bonds. The molecule has 2 aromatic carbocycles. The van der Waals surface area contributed by atoms with Gasteiger partial charge in [0.15, 0.2) is 5.52 Å². The van der Waals surface area contributed by atoms with E-state index < -0.39 is 4.92 Å². The summed E-state index contributed by atoms with van der Waals surface area (Å²) in [4.78, 5) is 14.9. The van der Waals surface area contributed by atoms with Crippen LogP contribution in [0.5, 0.6) is 11.5 Å². The van der Waals surface area contributed by atoms with Gasteiger partial charge in [-0.25, -0.2) is 4.98 Å². The van der Waals surface area contributed by atoms with E-state index in [2.05, 4.69) is 4.98 Å². The molecule has 1 aromatic heterocycles.